The maximum Gasteiger partial charge on any atom is 0.377 e. The number of amides is 2. The van der Waals surface area contributed by atoms with E-state index >= 15 is 0 Å². The Morgan fingerprint density at radius 3 is 2.00 bits per heavy atom. The van der Waals surface area contributed by atoms with Gasteiger partial charge in [-0.25, -0.2) is 10.5 Å². The van der Waals surface area contributed by atoms with Gasteiger partial charge in [-0.1, -0.05) is 5.11 Å². The molecule has 0 spiro atoms. The van der Waals surface area contributed by atoms with Crippen LogP contribution in [0.4, 0.5) is 4.79 Å². The van der Waals surface area contributed by atoms with Crippen molar-refractivity contribution in [3.05, 3.63) is 0 Å². The van der Waals surface area contributed by atoms with Crippen LogP contribution in [0, 0.1) is 5.53 Å². The molecule has 0 saturated heterocycles. The molecule has 0 unspecified atom stereocenters. The van der Waals surface area contributed by atoms with Crippen molar-refractivity contribution in [2.45, 2.75) is 0 Å². The van der Waals surface area contributed by atoms with Crippen molar-refractivity contribution in [3.63, 3.8) is 0 Å². The molecule has 2 amide bonds. The highest BCUT2D eigenvalue weighted by atomic mass is 16.2. The molecule has 4 heteroatoms. The number of hydrogen-bond donors (Lipinski definition) is 1. The second-order valence-electron chi connectivity index (χ2n) is 0.417. The van der Waals surface area contributed by atoms with Gasteiger partial charge in [0.25, 0.3) is 0 Å². The second-order valence-corrected chi connectivity index (χ2v) is 0.417. The van der Waals surface area contributed by atoms with Crippen molar-refractivity contribution >= 4 is 6.03 Å². The highest BCUT2D eigenvalue weighted by molar-refractivity contribution is 5.70. The molecule has 0 rings (SSSR count). The van der Waals surface area contributed by atoms with Gasteiger partial charge in [0.1, 0.15) is 0 Å². The summed E-state index contributed by atoms with van der Waals surface area (Å²) in [7, 11) is 0. The van der Waals surface area contributed by atoms with E-state index in [2.05, 4.69) is 5.11 Å². The summed E-state index contributed by atoms with van der Waals surface area (Å²) in [6.45, 7) is 0. The average molecular weight is 72.0 g/mol. The van der Waals surface area contributed by atoms with Gasteiger partial charge in [0.05, 0.1) is 0 Å². The van der Waals surface area contributed by atoms with Crippen molar-refractivity contribution in [2.75, 3.05) is 0 Å². The van der Waals surface area contributed by atoms with Crippen LogP contribution in [-0.4, -0.2) is 6.03 Å². The summed E-state index contributed by atoms with van der Waals surface area (Å²) in [5, 5.41) is 2.17. The lowest BCUT2D eigenvalue weighted by Gasteiger charge is -1.60. The molecule has 0 aliphatic heterocycles. The zero-order chi connectivity index (χ0) is 4.28. The normalized spacial score (nSPS) is 6.40. The van der Waals surface area contributed by atoms with E-state index in [4.69, 9.17) is 16.1 Å². The van der Waals surface area contributed by atoms with Gasteiger partial charge in [-0.15, -0.1) is 0 Å². The lowest BCUT2D eigenvalue weighted by molar-refractivity contribution is 0.253. The summed E-state index contributed by atoms with van der Waals surface area (Å²) in [6, 6.07) is -1.20. The van der Waals surface area contributed by atoms with Gasteiger partial charge in [-0.2, -0.15) is 5.53 Å². The van der Waals surface area contributed by atoms with Crippen LogP contribution in [0.15, 0.2) is 5.11 Å². The average Bonchev–Trinajstić information content (AvgIpc) is 1.38. The fraction of sp³-hybridized carbons (Fsp3) is 0. The molecule has 0 aliphatic carbocycles. The van der Waals surface area contributed by atoms with E-state index < -0.39 is 6.03 Å². The molecular weight excluding hydrogens is 70.0 g/mol. The van der Waals surface area contributed by atoms with Gasteiger partial charge in [0.2, 0.25) is 0 Å². The Labute approximate surface area is 28.5 Å². The zero-order valence-electron chi connectivity index (χ0n) is 2.36. The van der Waals surface area contributed by atoms with Crippen molar-refractivity contribution in [2.24, 2.45) is 5.11 Å². The number of carbonyl (C=O) groups is 1. The van der Waals surface area contributed by atoms with Gasteiger partial charge in [-0.05, 0) is 0 Å². The highest BCUT2D eigenvalue weighted by Gasteiger charge is 1.76. The monoisotopic (exact) mass is 72.0 g/mol. The maximum atomic E-state index is 9.12. The second kappa shape index (κ2) is 1.40. The molecule has 0 heterocycles. The minimum atomic E-state index is -1.20. The number of carbonyl (C=O) groups excluding carboxylic acids is 1. The van der Waals surface area contributed by atoms with E-state index in [1.165, 1.54) is 0 Å². The van der Waals surface area contributed by atoms with Crippen LogP contribution >= 0.6 is 0 Å². The van der Waals surface area contributed by atoms with Crippen LogP contribution < -0.4 is 5.73 Å². The first kappa shape index (κ1) is 4.07. The van der Waals surface area contributed by atoms with E-state index in [1.807, 2.05) is 0 Å². The molecule has 0 bridgehead atoms. The molecular formula is CH2N3O. The molecule has 2 N–H and O–H groups in total. The van der Waals surface area contributed by atoms with Crippen LogP contribution in [0.2, 0.25) is 0 Å². The molecule has 0 aliphatic rings. The van der Waals surface area contributed by atoms with E-state index in [0.29, 0.717) is 0 Å². The smallest absolute Gasteiger partial charge is 0.244 e. The van der Waals surface area contributed by atoms with Gasteiger partial charge in [0, 0.05) is 0 Å². The van der Waals surface area contributed by atoms with Crippen LogP contribution in [0.25, 0.3) is 0 Å². The summed E-state index contributed by atoms with van der Waals surface area (Å²) in [6.07, 6.45) is 0. The summed E-state index contributed by atoms with van der Waals surface area (Å²) in [4.78, 5) is 9.12. The fourth-order valence-electron chi connectivity index (χ4n) is 0. The number of urea groups is 1. The minimum absolute atomic E-state index is 1.20. The van der Waals surface area contributed by atoms with Crippen LogP contribution in [0.5, 0.6) is 0 Å². The third-order valence-electron chi connectivity index (χ3n) is 0.102. The third kappa shape index (κ3) is 3.07. The first-order valence-electron chi connectivity index (χ1n) is 0.901. The van der Waals surface area contributed by atoms with E-state index in [9.17, 15) is 0 Å². The van der Waals surface area contributed by atoms with Gasteiger partial charge in [-0.3, -0.25) is 0 Å². The van der Waals surface area contributed by atoms with E-state index in [0.717, 1.165) is 0 Å². The van der Waals surface area contributed by atoms with Crippen LogP contribution in [-0.2, 0) is 0 Å². The molecule has 0 atom stereocenters. The Hall–Kier alpha value is -0.930. The number of nitrogens with zero attached hydrogens (tertiary/aromatic N) is 1. The maximum absolute atomic E-state index is 9.12. The van der Waals surface area contributed by atoms with Crippen molar-refractivity contribution in [3.8, 4) is 0 Å². The fourth-order valence-corrected chi connectivity index (χ4v) is 0. The quantitative estimate of drug-likeness (QED) is 0.413. The van der Waals surface area contributed by atoms with Crippen molar-refractivity contribution in [1.29, 1.82) is 5.53 Å². The summed E-state index contributed by atoms with van der Waals surface area (Å²) < 4.78 is 0. The molecule has 0 saturated carbocycles. The van der Waals surface area contributed by atoms with Gasteiger partial charge in [0.15, 0.2) is 0 Å². The predicted octanol–water partition coefficient (Wildman–Crippen LogP) is 0.420. The molecule has 4 nitrogen and oxygen atoms in total. The Bertz CT molecular complexity index is 57.9. The topological polar surface area (TPSA) is 77.1 Å². The lowest BCUT2D eigenvalue weighted by atomic mass is 11.2. The molecule has 0 fully saturated rings. The Balaban J connectivity index is 3.20. The summed E-state index contributed by atoms with van der Waals surface area (Å²) >= 11 is 0. The van der Waals surface area contributed by atoms with Gasteiger partial charge < -0.3 is 0 Å². The van der Waals surface area contributed by atoms with Crippen LogP contribution in [0.1, 0.15) is 0 Å². The zero-order valence-corrected chi connectivity index (χ0v) is 2.36. The molecule has 1 radical (unpaired) electrons. The molecule has 0 aromatic rings. The first-order chi connectivity index (χ1) is 2.27. The molecule has 27 valence electrons. The van der Waals surface area contributed by atoms with Gasteiger partial charge >= 0.3 is 6.03 Å². The molecule has 0 aromatic carbocycles. The minimum Gasteiger partial charge on any atom is -0.244 e. The van der Waals surface area contributed by atoms with Crippen molar-refractivity contribution < 1.29 is 4.79 Å². The third-order valence-corrected chi connectivity index (χ3v) is 0.102. The van der Waals surface area contributed by atoms with Crippen LogP contribution in [0.3, 0.4) is 0 Å². The lowest BCUT2D eigenvalue weighted by Crippen LogP contribution is -1.82. The number of rotatable bonds is 0. The summed E-state index contributed by atoms with van der Waals surface area (Å²) in [5.74, 6) is 0. The van der Waals surface area contributed by atoms with E-state index in [-0.39, 0.29) is 0 Å². The van der Waals surface area contributed by atoms with E-state index in [1.54, 1.807) is 0 Å². The first-order valence-corrected chi connectivity index (χ1v) is 0.901. The Morgan fingerprint density at radius 1 is 1.80 bits per heavy atom. The number of nitrogens with one attached hydrogen (secondary N) is 2. The Kier molecular flexibility index (Phi) is 1.14. The standard InChI is InChI=1S/CH2N3O/c2-1(5)4-3/h2-3H. The SMILES string of the molecule is [NH]C(=O)N=N. The summed E-state index contributed by atoms with van der Waals surface area (Å²) in [5.41, 5.74) is 11.6. The molecule has 0 aromatic heterocycles. The Morgan fingerprint density at radius 2 is 2.00 bits per heavy atom. The largest absolute Gasteiger partial charge is 0.377 e. The highest BCUT2D eigenvalue weighted by Crippen LogP contribution is 1.59. The van der Waals surface area contributed by atoms with Crippen molar-refractivity contribution in [1.82, 2.24) is 5.73 Å². The molecule has 5 heavy (non-hydrogen) atoms. The number of hydrogen-bond acceptors (Lipinski definition) is 2. The predicted molar refractivity (Wildman–Crippen MR) is 13.6 cm³/mol.